The molecule has 1 atom stereocenters. The lowest BCUT2D eigenvalue weighted by Crippen LogP contribution is -2.02. The summed E-state index contributed by atoms with van der Waals surface area (Å²) in [6.07, 6.45) is 3.15. The quantitative estimate of drug-likeness (QED) is 0.557. The van der Waals surface area contributed by atoms with Crippen LogP contribution in [0.25, 0.3) is 16.9 Å². The molecule has 0 spiro atoms. The van der Waals surface area contributed by atoms with Crippen LogP contribution >= 0.6 is 0 Å². The molecule has 1 unspecified atom stereocenters. The van der Waals surface area contributed by atoms with Crippen LogP contribution in [-0.2, 0) is 11.2 Å². The number of nitrogens with one attached hydrogen (secondary N) is 1. The molecule has 0 aliphatic carbocycles. The first kappa shape index (κ1) is 16.4. The Morgan fingerprint density at radius 3 is 2.81 bits per heavy atom. The monoisotopic (exact) mass is 368 g/mol. The second kappa shape index (κ2) is 6.70. The van der Waals surface area contributed by atoms with E-state index in [1.165, 1.54) is 23.0 Å². The molecule has 2 aromatic heterocycles. The van der Waals surface area contributed by atoms with E-state index < -0.39 is 11.2 Å². The minimum absolute atomic E-state index is 0.330. The highest BCUT2D eigenvalue weighted by molar-refractivity contribution is 7.90. The SMILES string of the molecule is C[S+]([O-])c1cccc(Nc2ncc3nnn(-c4cccc(F)c4)c3n2)c1. The molecular weight excluding hydrogens is 355 g/mol. The molecule has 0 amide bonds. The molecule has 0 aliphatic rings. The smallest absolute Gasteiger partial charge is 0.229 e. The molecular formula is C17H13FN6OS. The summed E-state index contributed by atoms with van der Waals surface area (Å²) in [4.78, 5) is 9.34. The average Bonchev–Trinajstić information content (AvgIpc) is 3.05. The van der Waals surface area contributed by atoms with Gasteiger partial charge in [0.1, 0.15) is 12.1 Å². The molecule has 26 heavy (non-hydrogen) atoms. The highest BCUT2D eigenvalue weighted by Gasteiger charge is 2.11. The minimum atomic E-state index is -1.08. The Balaban J connectivity index is 1.71. The maximum absolute atomic E-state index is 13.5. The Hall–Kier alpha value is -3.04. The average molecular weight is 368 g/mol. The number of fused-ring (bicyclic) bond motifs is 1. The van der Waals surface area contributed by atoms with Gasteiger partial charge in [0.15, 0.2) is 16.1 Å². The molecule has 0 fully saturated rings. The zero-order valence-corrected chi connectivity index (χ0v) is 14.4. The number of aromatic nitrogens is 5. The highest BCUT2D eigenvalue weighted by atomic mass is 32.2. The normalized spacial score (nSPS) is 12.3. The second-order valence-electron chi connectivity index (χ2n) is 5.49. The van der Waals surface area contributed by atoms with Gasteiger partial charge in [-0.1, -0.05) is 17.3 Å². The van der Waals surface area contributed by atoms with E-state index in [1.54, 1.807) is 36.6 Å². The van der Waals surface area contributed by atoms with Crippen molar-refractivity contribution in [3.63, 3.8) is 0 Å². The molecule has 0 radical (unpaired) electrons. The maximum Gasteiger partial charge on any atom is 0.229 e. The lowest BCUT2D eigenvalue weighted by molar-refractivity contribution is 0.601. The fraction of sp³-hybridized carbons (Fsp3) is 0.0588. The molecule has 2 heterocycles. The van der Waals surface area contributed by atoms with Gasteiger partial charge in [-0.3, -0.25) is 0 Å². The van der Waals surface area contributed by atoms with Crippen LogP contribution < -0.4 is 5.32 Å². The van der Waals surface area contributed by atoms with Crippen molar-refractivity contribution in [1.82, 2.24) is 25.0 Å². The first-order chi connectivity index (χ1) is 12.6. The number of rotatable bonds is 4. The van der Waals surface area contributed by atoms with Gasteiger partial charge in [0.25, 0.3) is 0 Å². The van der Waals surface area contributed by atoms with Gasteiger partial charge in [-0.05, 0) is 41.5 Å². The molecule has 7 nitrogen and oxygen atoms in total. The van der Waals surface area contributed by atoms with Gasteiger partial charge in [-0.2, -0.15) is 9.67 Å². The van der Waals surface area contributed by atoms with E-state index >= 15 is 0 Å². The molecule has 1 N–H and O–H groups in total. The van der Waals surface area contributed by atoms with Crippen LogP contribution in [0.15, 0.2) is 59.6 Å². The molecule has 4 rings (SSSR count). The van der Waals surface area contributed by atoms with Crippen molar-refractivity contribution in [3.05, 3.63) is 60.5 Å². The number of benzene rings is 2. The molecule has 130 valence electrons. The number of halogens is 1. The largest absolute Gasteiger partial charge is 0.612 e. The lowest BCUT2D eigenvalue weighted by atomic mass is 10.3. The van der Waals surface area contributed by atoms with Crippen molar-refractivity contribution < 1.29 is 8.94 Å². The molecule has 4 aromatic rings. The summed E-state index contributed by atoms with van der Waals surface area (Å²) in [5.74, 6) is -0.0422. The van der Waals surface area contributed by atoms with E-state index in [0.717, 1.165) is 0 Å². The van der Waals surface area contributed by atoms with E-state index in [1.807, 2.05) is 6.07 Å². The number of hydrogen-bond donors (Lipinski definition) is 1. The Labute approximate surface area is 151 Å². The Bertz CT molecular complexity index is 1080. The summed E-state index contributed by atoms with van der Waals surface area (Å²) in [5.41, 5.74) is 2.16. The van der Waals surface area contributed by atoms with E-state index in [0.29, 0.717) is 33.4 Å². The molecule has 0 aliphatic heterocycles. The molecule has 0 bridgehead atoms. The highest BCUT2D eigenvalue weighted by Crippen LogP contribution is 2.20. The molecule has 9 heteroatoms. The van der Waals surface area contributed by atoms with Gasteiger partial charge in [0.2, 0.25) is 5.95 Å². The van der Waals surface area contributed by atoms with Gasteiger partial charge in [0, 0.05) is 11.8 Å². The molecule has 2 aromatic carbocycles. The predicted octanol–water partition coefficient (Wildman–Crippen LogP) is 2.83. The van der Waals surface area contributed by atoms with Crippen molar-refractivity contribution in [2.45, 2.75) is 4.90 Å². The van der Waals surface area contributed by atoms with Crippen molar-refractivity contribution in [1.29, 1.82) is 0 Å². The van der Waals surface area contributed by atoms with Crippen LogP contribution in [0.2, 0.25) is 0 Å². The number of nitrogens with zero attached hydrogens (tertiary/aromatic N) is 5. The summed E-state index contributed by atoms with van der Waals surface area (Å²) in [7, 11) is 0. The first-order valence-corrected chi connectivity index (χ1v) is 9.21. The Kier molecular flexibility index (Phi) is 4.23. The summed E-state index contributed by atoms with van der Waals surface area (Å²) in [6, 6.07) is 13.2. The summed E-state index contributed by atoms with van der Waals surface area (Å²) in [5, 5.41) is 11.1. The van der Waals surface area contributed by atoms with Crippen LogP contribution in [-0.4, -0.2) is 35.8 Å². The van der Waals surface area contributed by atoms with Gasteiger partial charge in [-0.15, -0.1) is 5.10 Å². The van der Waals surface area contributed by atoms with Crippen LogP contribution in [0.3, 0.4) is 0 Å². The van der Waals surface area contributed by atoms with E-state index in [9.17, 15) is 8.94 Å². The maximum atomic E-state index is 13.5. The van der Waals surface area contributed by atoms with Crippen molar-refractivity contribution in [2.75, 3.05) is 11.6 Å². The number of anilines is 2. The minimum Gasteiger partial charge on any atom is -0.612 e. The van der Waals surface area contributed by atoms with Gasteiger partial charge in [-0.25, -0.2) is 9.37 Å². The molecule has 0 saturated carbocycles. The predicted molar refractivity (Wildman–Crippen MR) is 96.5 cm³/mol. The van der Waals surface area contributed by atoms with Crippen LogP contribution in [0, 0.1) is 5.82 Å². The standard InChI is InChI=1S/C17H13FN6OS/c1-26(25)14-7-3-5-12(9-14)20-17-19-10-15-16(21-17)24(23-22-15)13-6-2-4-11(18)8-13/h2-10H,1H3,(H,19,20,21). The zero-order valence-electron chi connectivity index (χ0n) is 13.6. The fourth-order valence-corrected chi connectivity index (χ4v) is 3.02. The van der Waals surface area contributed by atoms with E-state index in [-0.39, 0.29) is 5.82 Å². The second-order valence-corrected chi connectivity index (χ2v) is 6.87. The van der Waals surface area contributed by atoms with Crippen molar-refractivity contribution >= 4 is 34.0 Å². The van der Waals surface area contributed by atoms with Crippen molar-refractivity contribution in [2.24, 2.45) is 0 Å². The molecule has 0 saturated heterocycles. The zero-order chi connectivity index (χ0) is 18.1. The topological polar surface area (TPSA) is 91.6 Å². The van der Waals surface area contributed by atoms with Crippen LogP contribution in [0.1, 0.15) is 0 Å². The Morgan fingerprint density at radius 1 is 1.15 bits per heavy atom. The van der Waals surface area contributed by atoms with E-state index in [4.69, 9.17) is 0 Å². The fourth-order valence-electron chi connectivity index (χ4n) is 2.45. The van der Waals surface area contributed by atoms with Crippen molar-refractivity contribution in [3.8, 4) is 5.69 Å². The van der Waals surface area contributed by atoms with E-state index in [2.05, 4.69) is 25.6 Å². The summed E-state index contributed by atoms with van der Waals surface area (Å²) >= 11 is -1.08. The Morgan fingerprint density at radius 2 is 2.00 bits per heavy atom. The van der Waals surface area contributed by atoms with Gasteiger partial charge >= 0.3 is 0 Å². The van der Waals surface area contributed by atoms with Crippen LogP contribution in [0.4, 0.5) is 16.0 Å². The third-order valence-electron chi connectivity index (χ3n) is 3.67. The summed E-state index contributed by atoms with van der Waals surface area (Å²) in [6.45, 7) is 0. The third-order valence-corrected chi connectivity index (χ3v) is 4.59. The third kappa shape index (κ3) is 3.22. The van der Waals surface area contributed by atoms with Crippen LogP contribution in [0.5, 0.6) is 0 Å². The van der Waals surface area contributed by atoms with Gasteiger partial charge < -0.3 is 9.87 Å². The number of hydrogen-bond acceptors (Lipinski definition) is 6. The lowest BCUT2D eigenvalue weighted by Gasteiger charge is -2.08. The summed E-state index contributed by atoms with van der Waals surface area (Å²) < 4.78 is 26.6. The first-order valence-electron chi connectivity index (χ1n) is 7.65. The van der Waals surface area contributed by atoms with Gasteiger partial charge in [0.05, 0.1) is 11.9 Å².